The molecule has 2 unspecified atom stereocenters. The molecular weight excluding hydrogens is 296 g/mol. The van der Waals surface area contributed by atoms with Gasteiger partial charge in [-0.1, -0.05) is 48.9 Å². The average Bonchev–Trinajstić information content (AvgIpc) is 3.34. The van der Waals surface area contributed by atoms with Crippen LogP contribution in [0.2, 0.25) is 0 Å². The van der Waals surface area contributed by atoms with E-state index in [1.807, 2.05) is 0 Å². The maximum absolute atomic E-state index is 11.1. The van der Waals surface area contributed by atoms with Gasteiger partial charge in [0.2, 0.25) is 5.91 Å². The number of amides is 1. The molecule has 2 fully saturated rings. The minimum absolute atomic E-state index is 0.104. The number of nitrogens with one attached hydrogen (secondary N) is 2. The van der Waals surface area contributed by atoms with Crippen LogP contribution in [0.25, 0.3) is 6.08 Å². The fourth-order valence-electron chi connectivity index (χ4n) is 4.02. The topological polar surface area (TPSA) is 41.1 Å². The Balaban J connectivity index is 1.47. The van der Waals surface area contributed by atoms with Gasteiger partial charge in [-0.15, -0.1) is 0 Å². The van der Waals surface area contributed by atoms with Crippen LogP contribution in [0, 0.1) is 5.92 Å². The van der Waals surface area contributed by atoms with Crippen molar-refractivity contribution in [3.63, 3.8) is 0 Å². The summed E-state index contributed by atoms with van der Waals surface area (Å²) in [7, 11) is 0. The zero-order chi connectivity index (χ0) is 16.9. The van der Waals surface area contributed by atoms with Gasteiger partial charge in [-0.25, -0.2) is 0 Å². The molecule has 3 nitrogen and oxygen atoms in total. The van der Waals surface area contributed by atoms with Crippen molar-refractivity contribution in [2.24, 2.45) is 5.92 Å². The van der Waals surface area contributed by atoms with Crippen LogP contribution in [0.1, 0.15) is 57.9 Å². The van der Waals surface area contributed by atoms with Gasteiger partial charge in [0.25, 0.3) is 0 Å². The van der Waals surface area contributed by atoms with Crippen LogP contribution in [-0.4, -0.2) is 24.0 Å². The highest BCUT2D eigenvalue weighted by molar-refractivity contribution is 5.73. The maximum Gasteiger partial charge on any atom is 0.217 e. The fourth-order valence-corrected chi connectivity index (χ4v) is 4.02. The van der Waals surface area contributed by atoms with Crippen molar-refractivity contribution in [3.05, 3.63) is 41.5 Å². The van der Waals surface area contributed by atoms with E-state index >= 15 is 0 Å². The molecule has 0 heterocycles. The summed E-state index contributed by atoms with van der Waals surface area (Å²) in [5.74, 6) is 0.815. The number of hydrogen-bond acceptors (Lipinski definition) is 2. The van der Waals surface area contributed by atoms with Gasteiger partial charge in [0.1, 0.15) is 0 Å². The van der Waals surface area contributed by atoms with Gasteiger partial charge < -0.3 is 10.6 Å². The molecule has 2 saturated carbocycles. The molecule has 1 aromatic carbocycles. The monoisotopic (exact) mass is 326 g/mol. The van der Waals surface area contributed by atoms with Crippen molar-refractivity contribution >= 4 is 12.0 Å². The largest absolute Gasteiger partial charge is 0.354 e. The van der Waals surface area contributed by atoms with Crippen LogP contribution in [0.15, 0.2) is 35.9 Å². The van der Waals surface area contributed by atoms with Crippen molar-refractivity contribution in [2.45, 2.75) is 70.5 Å². The van der Waals surface area contributed by atoms with Gasteiger partial charge in [0.15, 0.2) is 0 Å². The van der Waals surface area contributed by atoms with Crippen molar-refractivity contribution < 1.29 is 4.79 Å². The van der Waals surface area contributed by atoms with E-state index in [1.54, 1.807) is 12.5 Å². The second-order valence-electron chi connectivity index (χ2n) is 7.35. The van der Waals surface area contributed by atoms with Crippen LogP contribution < -0.4 is 10.6 Å². The molecule has 1 aromatic rings. The van der Waals surface area contributed by atoms with Gasteiger partial charge in [0, 0.05) is 25.0 Å². The normalized spacial score (nSPS) is 30.0. The summed E-state index contributed by atoms with van der Waals surface area (Å²) in [6, 6.07) is 12.3. The third-order valence-electron chi connectivity index (χ3n) is 5.41. The first-order chi connectivity index (χ1) is 11.7. The third kappa shape index (κ3) is 4.70. The minimum Gasteiger partial charge on any atom is -0.354 e. The average molecular weight is 326 g/mol. The zero-order valence-electron chi connectivity index (χ0n) is 14.9. The first kappa shape index (κ1) is 17.2. The van der Waals surface area contributed by atoms with E-state index in [-0.39, 0.29) is 5.91 Å². The Labute approximate surface area is 145 Å². The lowest BCUT2D eigenvalue weighted by molar-refractivity contribution is -0.119. The highest BCUT2D eigenvalue weighted by Crippen LogP contribution is 2.40. The number of benzene rings is 1. The molecule has 0 spiro atoms. The molecule has 2 aliphatic carbocycles. The molecule has 2 aliphatic rings. The van der Waals surface area contributed by atoms with E-state index in [1.165, 1.54) is 24.8 Å². The van der Waals surface area contributed by atoms with Crippen molar-refractivity contribution in [3.8, 4) is 0 Å². The van der Waals surface area contributed by atoms with Gasteiger partial charge in [-0.05, 0) is 50.0 Å². The molecular formula is C21H30N2O. The Morgan fingerprint density at radius 1 is 1.12 bits per heavy atom. The first-order valence-corrected chi connectivity index (χ1v) is 9.44. The summed E-state index contributed by atoms with van der Waals surface area (Å²) < 4.78 is 0. The van der Waals surface area contributed by atoms with Crippen LogP contribution in [0.4, 0.5) is 0 Å². The lowest BCUT2D eigenvalue weighted by Crippen LogP contribution is -2.42. The second-order valence-corrected chi connectivity index (χ2v) is 7.35. The first-order valence-electron chi connectivity index (χ1n) is 9.44. The second kappa shape index (κ2) is 7.98. The molecule has 130 valence electrons. The van der Waals surface area contributed by atoms with E-state index in [4.69, 9.17) is 0 Å². The van der Waals surface area contributed by atoms with Crippen LogP contribution in [0.5, 0.6) is 0 Å². The molecule has 0 bridgehead atoms. The fraction of sp³-hybridized carbons (Fsp3) is 0.571. The predicted octanol–water partition coefficient (Wildman–Crippen LogP) is 3.91. The Bertz CT molecular complexity index is 573. The van der Waals surface area contributed by atoms with E-state index in [9.17, 15) is 4.79 Å². The zero-order valence-corrected chi connectivity index (χ0v) is 14.9. The summed E-state index contributed by atoms with van der Waals surface area (Å²) in [6.07, 6.45) is 9.35. The van der Waals surface area contributed by atoms with E-state index < -0.39 is 0 Å². The Morgan fingerprint density at radius 2 is 1.79 bits per heavy atom. The van der Waals surface area contributed by atoms with Crippen LogP contribution in [0.3, 0.4) is 0 Å². The standard InChI is InChI=1S/C21H30N2O/c1-3-17(13-16-7-5-4-6-8-16)20-14-21(20)23-19-11-9-18(10-12-19)22-15(2)24/h4-8,13,18-21,23H,3,9-12,14H2,1-2H3,(H,22,24)/b17-13+. The Hall–Kier alpha value is -1.61. The highest BCUT2D eigenvalue weighted by atomic mass is 16.1. The molecule has 3 heteroatoms. The molecule has 2 atom stereocenters. The summed E-state index contributed by atoms with van der Waals surface area (Å²) in [4.78, 5) is 11.1. The molecule has 2 N–H and O–H groups in total. The maximum atomic E-state index is 11.1. The molecule has 0 aliphatic heterocycles. The van der Waals surface area contributed by atoms with Crippen molar-refractivity contribution in [1.29, 1.82) is 0 Å². The Kier molecular flexibility index (Phi) is 5.72. The summed E-state index contributed by atoms with van der Waals surface area (Å²) in [5, 5.41) is 6.92. The van der Waals surface area contributed by atoms with Crippen molar-refractivity contribution in [1.82, 2.24) is 10.6 Å². The van der Waals surface area contributed by atoms with Crippen LogP contribution >= 0.6 is 0 Å². The number of carbonyl (C=O) groups excluding carboxylic acids is 1. The van der Waals surface area contributed by atoms with Crippen LogP contribution in [-0.2, 0) is 4.79 Å². The molecule has 0 radical (unpaired) electrons. The van der Waals surface area contributed by atoms with Gasteiger partial charge in [-0.2, -0.15) is 0 Å². The Morgan fingerprint density at radius 3 is 2.42 bits per heavy atom. The number of hydrogen-bond donors (Lipinski definition) is 2. The molecule has 0 aromatic heterocycles. The van der Waals surface area contributed by atoms with Gasteiger partial charge in [0.05, 0.1) is 0 Å². The summed E-state index contributed by atoms with van der Waals surface area (Å²) >= 11 is 0. The summed E-state index contributed by atoms with van der Waals surface area (Å²) in [6.45, 7) is 3.88. The summed E-state index contributed by atoms with van der Waals surface area (Å²) in [5.41, 5.74) is 2.89. The van der Waals surface area contributed by atoms with Gasteiger partial charge >= 0.3 is 0 Å². The highest BCUT2D eigenvalue weighted by Gasteiger charge is 2.40. The lowest BCUT2D eigenvalue weighted by Gasteiger charge is -2.29. The predicted molar refractivity (Wildman–Crippen MR) is 99.6 cm³/mol. The quantitative estimate of drug-likeness (QED) is 0.832. The number of carbonyl (C=O) groups is 1. The van der Waals surface area contributed by atoms with Gasteiger partial charge in [-0.3, -0.25) is 4.79 Å². The number of rotatable bonds is 6. The SMILES string of the molecule is CC/C(=C\c1ccccc1)C1CC1NC1CCC(NC(C)=O)CC1. The van der Waals surface area contributed by atoms with E-state index in [0.717, 1.165) is 19.3 Å². The third-order valence-corrected chi connectivity index (χ3v) is 5.41. The lowest BCUT2D eigenvalue weighted by atomic mass is 9.91. The molecule has 1 amide bonds. The van der Waals surface area contributed by atoms with E-state index in [2.05, 4.69) is 54.0 Å². The minimum atomic E-state index is 0.104. The molecule has 3 rings (SSSR count). The molecule has 24 heavy (non-hydrogen) atoms. The van der Waals surface area contributed by atoms with E-state index in [0.29, 0.717) is 24.0 Å². The smallest absolute Gasteiger partial charge is 0.217 e. The van der Waals surface area contributed by atoms with Crippen molar-refractivity contribution in [2.75, 3.05) is 0 Å². The molecule has 0 saturated heterocycles.